The second kappa shape index (κ2) is 10.8. The van der Waals surface area contributed by atoms with Gasteiger partial charge in [-0.05, 0) is 48.7 Å². The number of hydrogen-bond donors (Lipinski definition) is 2. The van der Waals surface area contributed by atoms with E-state index < -0.39 is 10.0 Å². The van der Waals surface area contributed by atoms with Crippen molar-refractivity contribution in [2.75, 3.05) is 37.6 Å². The first-order valence-electron chi connectivity index (χ1n) is 11.6. The van der Waals surface area contributed by atoms with Crippen molar-refractivity contribution in [3.05, 3.63) is 66.2 Å². The minimum atomic E-state index is -3.48. The molecule has 0 aromatic heterocycles. The summed E-state index contributed by atoms with van der Waals surface area (Å²) in [5.41, 5.74) is 1.88. The summed E-state index contributed by atoms with van der Waals surface area (Å²) >= 11 is 0. The first kappa shape index (κ1) is 24.0. The van der Waals surface area contributed by atoms with Gasteiger partial charge < -0.3 is 15.1 Å². The zero-order valence-electron chi connectivity index (χ0n) is 19.0. The molecule has 0 spiro atoms. The van der Waals surface area contributed by atoms with E-state index in [0.717, 1.165) is 25.9 Å². The van der Waals surface area contributed by atoms with Crippen LogP contribution in [0.25, 0.3) is 6.08 Å². The topological polar surface area (TPSA) is 98.8 Å². The van der Waals surface area contributed by atoms with Crippen LogP contribution in [0.4, 0.5) is 5.69 Å². The van der Waals surface area contributed by atoms with E-state index in [1.165, 1.54) is 23.9 Å². The fraction of sp³-hybridized carbons (Fsp3) is 0.360. The molecule has 9 heteroatoms. The normalized spacial score (nSPS) is 16.6. The summed E-state index contributed by atoms with van der Waals surface area (Å²) in [7, 11) is -3.48. The number of sulfonamides is 1. The van der Waals surface area contributed by atoms with Crippen molar-refractivity contribution in [3.63, 3.8) is 0 Å². The average Bonchev–Trinajstić information content (AvgIpc) is 3.67. The number of hydrogen-bond acceptors (Lipinski definition) is 5. The molecule has 2 aromatic carbocycles. The van der Waals surface area contributed by atoms with Gasteiger partial charge in [0.2, 0.25) is 21.8 Å². The van der Waals surface area contributed by atoms with Crippen molar-refractivity contribution in [1.82, 2.24) is 14.9 Å². The summed E-state index contributed by atoms with van der Waals surface area (Å²) in [6.45, 7) is 3.20. The van der Waals surface area contributed by atoms with Crippen LogP contribution in [-0.2, 0) is 19.6 Å². The second-order valence-corrected chi connectivity index (χ2v) is 10.3. The number of rotatable bonds is 9. The minimum absolute atomic E-state index is 0.0357. The molecule has 0 bridgehead atoms. The zero-order chi connectivity index (χ0) is 24.0. The lowest BCUT2D eigenvalue weighted by molar-refractivity contribution is -0.131. The molecule has 8 nitrogen and oxygen atoms in total. The molecular weight excluding hydrogens is 452 g/mol. The maximum Gasteiger partial charge on any atom is 0.244 e. The Hall–Kier alpha value is -3.17. The molecule has 0 radical (unpaired) electrons. The molecule has 2 aliphatic rings. The Labute approximate surface area is 200 Å². The zero-order valence-corrected chi connectivity index (χ0v) is 19.8. The van der Waals surface area contributed by atoms with Crippen LogP contribution in [-0.4, -0.2) is 63.9 Å². The van der Waals surface area contributed by atoms with E-state index in [-0.39, 0.29) is 35.7 Å². The van der Waals surface area contributed by atoms with Gasteiger partial charge in [0.25, 0.3) is 0 Å². The lowest BCUT2D eigenvalue weighted by Gasteiger charge is -2.36. The molecule has 1 heterocycles. The Bertz CT molecular complexity index is 1120. The Kier molecular flexibility index (Phi) is 7.64. The van der Waals surface area contributed by atoms with E-state index in [2.05, 4.69) is 27.1 Å². The van der Waals surface area contributed by atoms with Crippen LogP contribution in [0.1, 0.15) is 24.8 Å². The van der Waals surface area contributed by atoms with Gasteiger partial charge in [0.1, 0.15) is 0 Å². The third-order valence-electron chi connectivity index (χ3n) is 5.91. The highest BCUT2D eigenvalue weighted by Crippen LogP contribution is 2.22. The smallest absolute Gasteiger partial charge is 0.244 e. The van der Waals surface area contributed by atoms with Crippen molar-refractivity contribution in [2.45, 2.75) is 30.2 Å². The van der Waals surface area contributed by atoms with Crippen LogP contribution < -0.4 is 14.9 Å². The van der Waals surface area contributed by atoms with Crippen LogP contribution in [0.3, 0.4) is 0 Å². The molecule has 180 valence electrons. The lowest BCUT2D eigenvalue weighted by atomic mass is 10.2. The predicted molar refractivity (Wildman–Crippen MR) is 132 cm³/mol. The van der Waals surface area contributed by atoms with Crippen LogP contribution in [0, 0.1) is 0 Å². The maximum atomic E-state index is 12.5. The molecule has 34 heavy (non-hydrogen) atoms. The number of carbonyl (C=O) groups is 2. The fourth-order valence-corrected chi connectivity index (χ4v) is 5.09. The van der Waals surface area contributed by atoms with Crippen molar-refractivity contribution >= 4 is 33.6 Å². The van der Waals surface area contributed by atoms with E-state index in [0.29, 0.717) is 18.7 Å². The standard InChI is InChI=1S/C25H30N4O4S/c30-24(13-8-20-6-11-23(12-7-20)34(32,33)27-21-9-10-21)26-15-14-25(31)29-18-16-28(17-19-29)22-4-2-1-3-5-22/h1-8,11-13,21,27H,9-10,14-19H2,(H,26,30)/b13-8+. The number of anilines is 1. The molecule has 2 aromatic rings. The SMILES string of the molecule is O=C(/C=C/c1ccc(S(=O)(=O)NC2CC2)cc1)NCCC(=O)N1CCN(c2ccccc2)CC1. The fourth-order valence-electron chi connectivity index (χ4n) is 3.78. The summed E-state index contributed by atoms with van der Waals surface area (Å²) in [6.07, 6.45) is 5.02. The van der Waals surface area contributed by atoms with Gasteiger partial charge in [0.15, 0.2) is 0 Å². The van der Waals surface area contributed by atoms with Gasteiger partial charge in [-0.3, -0.25) is 9.59 Å². The number of piperazine rings is 1. The molecule has 1 aliphatic heterocycles. The van der Waals surface area contributed by atoms with E-state index >= 15 is 0 Å². The molecule has 0 atom stereocenters. The Balaban J connectivity index is 1.17. The quantitative estimate of drug-likeness (QED) is 0.533. The summed E-state index contributed by atoms with van der Waals surface area (Å²) in [6, 6.07) is 16.6. The molecular formula is C25H30N4O4S. The summed E-state index contributed by atoms with van der Waals surface area (Å²) in [4.78, 5) is 28.9. The van der Waals surface area contributed by atoms with E-state index in [4.69, 9.17) is 0 Å². The van der Waals surface area contributed by atoms with Crippen molar-refractivity contribution < 1.29 is 18.0 Å². The molecule has 2 amide bonds. The Morgan fingerprint density at radius 2 is 1.62 bits per heavy atom. The largest absolute Gasteiger partial charge is 0.368 e. The van der Waals surface area contributed by atoms with E-state index in [9.17, 15) is 18.0 Å². The first-order valence-corrected chi connectivity index (χ1v) is 13.1. The highest BCUT2D eigenvalue weighted by atomic mass is 32.2. The number of benzene rings is 2. The molecule has 1 saturated heterocycles. The molecule has 1 saturated carbocycles. The van der Waals surface area contributed by atoms with Gasteiger partial charge >= 0.3 is 0 Å². The average molecular weight is 483 g/mol. The van der Waals surface area contributed by atoms with Crippen LogP contribution >= 0.6 is 0 Å². The minimum Gasteiger partial charge on any atom is -0.368 e. The predicted octanol–water partition coefficient (Wildman–Crippen LogP) is 2.00. The first-order chi connectivity index (χ1) is 16.4. The van der Waals surface area contributed by atoms with E-state index in [1.807, 2.05) is 23.1 Å². The molecule has 1 aliphatic carbocycles. The molecule has 2 N–H and O–H groups in total. The van der Waals surface area contributed by atoms with Gasteiger partial charge in [-0.15, -0.1) is 0 Å². The monoisotopic (exact) mass is 482 g/mol. The summed E-state index contributed by atoms with van der Waals surface area (Å²) < 4.78 is 27.0. The molecule has 4 rings (SSSR count). The highest BCUT2D eigenvalue weighted by Gasteiger charge is 2.27. The Morgan fingerprint density at radius 1 is 0.941 bits per heavy atom. The van der Waals surface area contributed by atoms with Crippen molar-refractivity contribution in [3.8, 4) is 0 Å². The van der Waals surface area contributed by atoms with Crippen molar-refractivity contribution in [1.29, 1.82) is 0 Å². The highest BCUT2D eigenvalue weighted by molar-refractivity contribution is 7.89. The van der Waals surface area contributed by atoms with Gasteiger partial charge in [-0.2, -0.15) is 0 Å². The third-order valence-corrected chi connectivity index (χ3v) is 7.44. The number of nitrogens with zero attached hydrogens (tertiary/aromatic N) is 2. The maximum absolute atomic E-state index is 12.5. The van der Waals surface area contributed by atoms with Gasteiger partial charge in [-0.1, -0.05) is 30.3 Å². The number of carbonyl (C=O) groups excluding carboxylic acids is 2. The summed E-state index contributed by atoms with van der Waals surface area (Å²) in [5, 5.41) is 2.73. The van der Waals surface area contributed by atoms with Gasteiger partial charge in [-0.25, -0.2) is 13.1 Å². The van der Waals surface area contributed by atoms with Crippen LogP contribution in [0.5, 0.6) is 0 Å². The number of para-hydroxylation sites is 1. The van der Waals surface area contributed by atoms with Crippen molar-refractivity contribution in [2.24, 2.45) is 0 Å². The lowest BCUT2D eigenvalue weighted by Crippen LogP contribution is -2.49. The number of nitrogens with one attached hydrogen (secondary N) is 2. The van der Waals surface area contributed by atoms with Crippen LogP contribution in [0.15, 0.2) is 65.6 Å². The molecule has 2 fully saturated rings. The summed E-state index contributed by atoms with van der Waals surface area (Å²) in [5.74, 6) is -0.262. The van der Waals surface area contributed by atoms with Gasteiger partial charge in [0, 0.05) is 56.9 Å². The molecule has 0 unspecified atom stereocenters. The Morgan fingerprint density at radius 3 is 2.26 bits per heavy atom. The number of amides is 2. The third kappa shape index (κ3) is 6.68. The second-order valence-electron chi connectivity index (χ2n) is 8.54. The van der Waals surface area contributed by atoms with E-state index in [1.54, 1.807) is 18.2 Å². The van der Waals surface area contributed by atoms with Crippen LogP contribution in [0.2, 0.25) is 0 Å². The van der Waals surface area contributed by atoms with Gasteiger partial charge in [0.05, 0.1) is 4.90 Å².